The molecule has 8 heteroatoms. The monoisotopic (exact) mass is 383 g/mol. The highest BCUT2D eigenvalue weighted by atomic mass is 16.3. The molecule has 0 radical (unpaired) electrons. The van der Waals surface area contributed by atoms with Crippen molar-refractivity contribution in [3.63, 3.8) is 0 Å². The van der Waals surface area contributed by atoms with E-state index >= 15 is 0 Å². The predicted octanol–water partition coefficient (Wildman–Crippen LogP) is 0.300. The van der Waals surface area contributed by atoms with Crippen molar-refractivity contribution < 1.29 is 14.7 Å². The van der Waals surface area contributed by atoms with Crippen LogP contribution in [0.4, 0.5) is 0 Å². The average molecular weight is 383 g/mol. The standard InChI is InChI=1S/C20H25N5O3/c1-24(12-15-5-9-21-10-6-15)14-19(27)23-16-7-11-25(13-18(16)26)20(28)17-4-2-3-8-22-17/h2-6,8-10,16,18,26H,7,11-14H2,1H3,(H,23,27)/t16-,18-/m1/s1. The van der Waals surface area contributed by atoms with Crippen molar-refractivity contribution >= 4 is 11.8 Å². The topological polar surface area (TPSA) is 98.7 Å². The Kier molecular flexibility index (Phi) is 6.67. The van der Waals surface area contributed by atoms with Crippen molar-refractivity contribution in [3.8, 4) is 0 Å². The third-order valence-corrected chi connectivity index (χ3v) is 4.71. The van der Waals surface area contributed by atoms with Crippen LogP contribution < -0.4 is 5.32 Å². The number of β-amino-alcohol motifs (C(OH)–C–C–N with tert-alkyl or cyclic N) is 1. The minimum Gasteiger partial charge on any atom is -0.389 e. The molecule has 0 aliphatic carbocycles. The molecule has 0 bridgehead atoms. The first-order chi connectivity index (χ1) is 13.5. The smallest absolute Gasteiger partial charge is 0.272 e. The molecular formula is C20H25N5O3. The van der Waals surface area contributed by atoms with Gasteiger partial charge in [-0.15, -0.1) is 0 Å². The van der Waals surface area contributed by atoms with Crippen LogP contribution in [-0.2, 0) is 11.3 Å². The Morgan fingerprint density at radius 1 is 1.25 bits per heavy atom. The maximum Gasteiger partial charge on any atom is 0.272 e. The zero-order valence-corrected chi connectivity index (χ0v) is 15.9. The first kappa shape index (κ1) is 19.9. The van der Waals surface area contributed by atoms with Gasteiger partial charge in [0.05, 0.1) is 18.7 Å². The van der Waals surface area contributed by atoms with Gasteiger partial charge in [-0.05, 0) is 43.3 Å². The highest BCUT2D eigenvalue weighted by Crippen LogP contribution is 2.14. The fourth-order valence-electron chi connectivity index (χ4n) is 3.29. The van der Waals surface area contributed by atoms with Crippen LogP contribution in [0, 0.1) is 0 Å². The van der Waals surface area contributed by atoms with Gasteiger partial charge in [0.2, 0.25) is 5.91 Å². The van der Waals surface area contributed by atoms with E-state index in [-0.39, 0.29) is 30.9 Å². The molecule has 0 aromatic carbocycles. The largest absolute Gasteiger partial charge is 0.389 e. The first-order valence-electron chi connectivity index (χ1n) is 9.28. The third kappa shape index (κ3) is 5.34. The second kappa shape index (κ2) is 9.38. The van der Waals surface area contributed by atoms with Crippen LogP contribution in [0.2, 0.25) is 0 Å². The van der Waals surface area contributed by atoms with Gasteiger partial charge in [-0.3, -0.25) is 24.5 Å². The number of carbonyl (C=O) groups is 2. The zero-order valence-electron chi connectivity index (χ0n) is 15.9. The highest BCUT2D eigenvalue weighted by Gasteiger charge is 2.31. The van der Waals surface area contributed by atoms with Crippen molar-refractivity contribution in [1.82, 2.24) is 25.1 Å². The summed E-state index contributed by atoms with van der Waals surface area (Å²) in [5.41, 5.74) is 1.43. The second-order valence-electron chi connectivity index (χ2n) is 7.02. The average Bonchev–Trinajstić information content (AvgIpc) is 2.70. The highest BCUT2D eigenvalue weighted by molar-refractivity contribution is 5.92. The molecule has 148 valence electrons. The van der Waals surface area contributed by atoms with Gasteiger partial charge in [-0.1, -0.05) is 6.07 Å². The van der Waals surface area contributed by atoms with E-state index in [4.69, 9.17) is 0 Å². The third-order valence-electron chi connectivity index (χ3n) is 4.71. The second-order valence-corrected chi connectivity index (χ2v) is 7.02. The molecular weight excluding hydrogens is 358 g/mol. The van der Waals surface area contributed by atoms with Gasteiger partial charge in [0, 0.05) is 38.2 Å². The number of likely N-dealkylation sites (N-methyl/N-ethyl adjacent to an activating group) is 1. The summed E-state index contributed by atoms with van der Waals surface area (Å²) in [6.07, 6.45) is 4.70. The molecule has 1 saturated heterocycles. The lowest BCUT2D eigenvalue weighted by Crippen LogP contribution is -2.56. The Balaban J connectivity index is 1.46. The molecule has 1 aliphatic heterocycles. The molecule has 2 aromatic heterocycles. The Bertz CT molecular complexity index is 787. The molecule has 28 heavy (non-hydrogen) atoms. The number of nitrogens with one attached hydrogen (secondary N) is 1. The number of rotatable bonds is 6. The summed E-state index contributed by atoms with van der Waals surface area (Å²) in [6.45, 7) is 1.50. The Morgan fingerprint density at radius 2 is 2.04 bits per heavy atom. The Morgan fingerprint density at radius 3 is 2.71 bits per heavy atom. The zero-order chi connectivity index (χ0) is 19.9. The van der Waals surface area contributed by atoms with E-state index in [1.54, 1.807) is 41.7 Å². The van der Waals surface area contributed by atoms with E-state index in [9.17, 15) is 14.7 Å². The maximum absolute atomic E-state index is 12.4. The number of carbonyl (C=O) groups excluding carboxylic acids is 2. The van der Waals surface area contributed by atoms with Gasteiger partial charge in [0.15, 0.2) is 0 Å². The van der Waals surface area contributed by atoms with Gasteiger partial charge in [0.1, 0.15) is 5.69 Å². The van der Waals surface area contributed by atoms with Gasteiger partial charge >= 0.3 is 0 Å². The fraction of sp³-hybridized carbons (Fsp3) is 0.400. The SMILES string of the molecule is CN(CC(=O)N[C@@H]1CCN(C(=O)c2ccccn2)C[C@H]1O)Cc1ccncc1. The lowest BCUT2D eigenvalue weighted by atomic mass is 10.0. The van der Waals surface area contributed by atoms with Crippen molar-refractivity contribution in [2.75, 3.05) is 26.7 Å². The van der Waals surface area contributed by atoms with Gasteiger partial charge in [0.25, 0.3) is 5.91 Å². The summed E-state index contributed by atoms with van der Waals surface area (Å²) in [6, 6.07) is 8.61. The van der Waals surface area contributed by atoms with E-state index in [2.05, 4.69) is 15.3 Å². The summed E-state index contributed by atoms with van der Waals surface area (Å²) in [4.78, 5) is 36.3. The Hall–Kier alpha value is -2.84. The molecule has 8 nitrogen and oxygen atoms in total. The van der Waals surface area contributed by atoms with Crippen molar-refractivity contribution in [3.05, 3.63) is 60.2 Å². The maximum atomic E-state index is 12.4. The van der Waals surface area contributed by atoms with Crippen LogP contribution in [-0.4, -0.2) is 75.5 Å². The molecule has 0 unspecified atom stereocenters. The van der Waals surface area contributed by atoms with Crippen LogP contribution in [0.1, 0.15) is 22.5 Å². The van der Waals surface area contributed by atoms with Gasteiger partial charge < -0.3 is 15.3 Å². The van der Waals surface area contributed by atoms with Crippen LogP contribution >= 0.6 is 0 Å². The van der Waals surface area contributed by atoms with Gasteiger partial charge in [-0.25, -0.2) is 0 Å². The van der Waals surface area contributed by atoms with E-state index in [0.717, 1.165) is 5.56 Å². The van der Waals surface area contributed by atoms with Crippen molar-refractivity contribution in [2.24, 2.45) is 0 Å². The summed E-state index contributed by atoms with van der Waals surface area (Å²) in [5, 5.41) is 13.3. The summed E-state index contributed by atoms with van der Waals surface area (Å²) >= 11 is 0. The summed E-state index contributed by atoms with van der Waals surface area (Å²) in [7, 11) is 1.87. The number of nitrogens with zero attached hydrogens (tertiary/aromatic N) is 4. The Labute approximate surface area is 164 Å². The van der Waals surface area contributed by atoms with Crippen LogP contribution in [0.15, 0.2) is 48.9 Å². The summed E-state index contributed by atoms with van der Waals surface area (Å²) in [5.74, 6) is -0.355. The van der Waals surface area contributed by atoms with E-state index in [0.29, 0.717) is 25.2 Å². The number of hydrogen-bond acceptors (Lipinski definition) is 6. The number of aliphatic hydroxyl groups is 1. The minimum atomic E-state index is -0.809. The van der Waals surface area contributed by atoms with Crippen LogP contribution in [0.5, 0.6) is 0 Å². The quantitative estimate of drug-likeness (QED) is 0.745. The number of pyridine rings is 2. The molecule has 1 aliphatic rings. The lowest BCUT2D eigenvalue weighted by molar-refractivity contribution is -0.124. The van der Waals surface area contributed by atoms with Crippen LogP contribution in [0.3, 0.4) is 0 Å². The molecule has 2 N–H and O–H groups in total. The normalized spacial score (nSPS) is 19.5. The molecule has 2 amide bonds. The first-order valence-corrected chi connectivity index (χ1v) is 9.28. The van der Waals surface area contributed by atoms with Gasteiger partial charge in [-0.2, -0.15) is 0 Å². The number of likely N-dealkylation sites (tertiary alicyclic amines) is 1. The molecule has 0 spiro atoms. The molecule has 3 rings (SSSR count). The number of amides is 2. The van der Waals surface area contributed by atoms with E-state index in [1.165, 1.54) is 0 Å². The van der Waals surface area contributed by atoms with Crippen molar-refractivity contribution in [1.29, 1.82) is 0 Å². The molecule has 2 atom stereocenters. The number of piperidine rings is 1. The van der Waals surface area contributed by atoms with E-state index in [1.807, 2.05) is 24.1 Å². The number of hydrogen-bond donors (Lipinski definition) is 2. The predicted molar refractivity (Wildman–Crippen MR) is 103 cm³/mol. The fourth-order valence-corrected chi connectivity index (χ4v) is 3.29. The number of aromatic nitrogens is 2. The van der Waals surface area contributed by atoms with Crippen LogP contribution in [0.25, 0.3) is 0 Å². The molecule has 0 saturated carbocycles. The number of aliphatic hydroxyl groups excluding tert-OH is 1. The van der Waals surface area contributed by atoms with Crippen molar-refractivity contribution in [2.45, 2.75) is 25.1 Å². The van der Waals surface area contributed by atoms with E-state index < -0.39 is 6.10 Å². The lowest BCUT2D eigenvalue weighted by Gasteiger charge is -2.36. The summed E-state index contributed by atoms with van der Waals surface area (Å²) < 4.78 is 0. The molecule has 2 aromatic rings. The molecule has 1 fully saturated rings. The minimum absolute atomic E-state index is 0.148. The molecule has 3 heterocycles.